The zero-order chi connectivity index (χ0) is 20.8. The molecule has 1 saturated heterocycles. The van der Waals surface area contributed by atoms with Gasteiger partial charge in [-0.25, -0.2) is 0 Å². The molecular weight excluding hydrogens is 382 g/mol. The van der Waals surface area contributed by atoms with Crippen molar-refractivity contribution in [1.29, 1.82) is 0 Å². The van der Waals surface area contributed by atoms with Gasteiger partial charge in [-0.2, -0.15) is 0 Å². The van der Waals surface area contributed by atoms with Crippen molar-refractivity contribution in [3.63, 3.8) is 0 Å². The summed E-state index contributed by atoms with van der Waals surface area (Å²) in [6.45, 7) is 2.05. The Morgan fingerprint density at radius 1 is 1.13 bits per heavy atom. The van der Waals surface area contributed by atoms with Gasteiger partial charge in [-0.05, 0) is 67.6 Å². The maximum Gasteiger partial charge on any atom is 0.265 e. The number of nitrogens with zero attached hydrogens (tertiary/aromatic N) is 1. The van der Waals surface area contributed by atoms with Crippen LogP contribution < -0.4 is 20.3 Å². The minimum atomic E-state index is -0.548. The Balaban J connectivity index is 1.28. The van der Waals surface area contributed by atoms with Gasteiger partial charge in [-0.15, -0.1) is 0 Å². The third-order valence-corrected chi connectivity index (χ3v) is 6.07. The Morgan fingerprint density at radius 2 is 1.97 bits per heavy atom. The third kappa shape index (κ3) is 3.30. The van der Waals surface area contributed by atoms with Crippen molar-refractivity contribution in [2.24, 2.45) is 5.92 Å². The summed E-state index contributed by atoms with van der Waals surface area (Å²) >= 11 is 0. The number of anilines is 3. The topological polar surface area (TPSA) is 87.7 Å². The lowest BCUT2D eigenvalue weighted by Crippen LogP contribution is -2.34. The Hall–Kier alpha value is -3.35. The van der Waals surface area contributed by atoms with E-state index in [1.807, 2.05) is 6.07 Å². The molecule has 2 N–H and O–H groups in total. The first-order valence-corrected chi connectivity index (χ1v) is 10.3. The Morgan fingerprint density at radius 3 is 2.83 bits per heavy atom. The van der Waals surface area contributed by atoms with Crippen molar-refractivity contribution in [2.45, 2.75) is 38.7 Å². The van der Waals surface area contributed by atoms with Crippen LogP contribution in [0.25, 0.3) is 0 Å². The van der Waals surface area contributed by atoms with E-state index in [1.165, 1.54) is 11.1 Å². The van der Waals surface area contributed by atoms with Gasteiger partial charge >= 0.3 is 0 Å². The van der Waals surface area contributed by atoms with Gasteiger partial charge in [-0.1, -0.05) is 6.07 Å². The van der Waals surface area contributed by atoms with Crippen molar-refractivity contribution >= 4 is 34.8 Å². The first-order chi connectivity index (χ1) is 14.5. The zero-order valence-corrected chi connectivity index (χ0v) is 16.7. The monoisotopic (exact) mass is 405 g/mol. The minimum Gasteiger partial charge on any atom is -0.479 e. The average molecular weight is 405 g/mol. The second-order valence-corrected chi connectivity index (χ2v) is 8.16. The van der Waals surface area contributed by atoms with Gasteiger partial charge in [0, 0.05) is 24.3 Å². The minimum absolute atomic E-state index is 0.0341. The summed E-state index contributed by atoms with van der Waals surface area (Å²) < 4.78 is 5.54. The van der Waals surface area contributed by atoms with Crippen LogP contribution in [0.1, 0.15) is 30.9 Å². The number of fused-ring (bicyclic) bond motifs is 2. The highest BCUT2D eigenvalue weighted by Gasteiger charge is 2.35. The molecular formula is C23H23N3O4. The fourth-order valence-electron chi connectivity index (χ4n) is 4.39. The molecule has 0 spiro atoms. The molecule has 2 aliphatic heterocycles. The molecule has 2 aromatic rings. The van der Waals surface area contributed by atoms with Gasteiger partial charge < -0.3 is 20.3 Å². The van der Waals surface area contributed by atoms with Gasteiger partial charge in [-0.3, -0.25) is 14.4 Å². The van der Waals surface area contributed by atoms with E-state index in [0.29, 0.717) is 23.7 Å². The maximum absolute atomic E-state index is 12.8. The molecule has 0 bridgehead atoms. The second kappa shape index (κ2) is 7.16. The zero-order valence-electron chi connectivity index (χ0n) is 16.7. The summed E-state index contributed by atoms with van der Waals surface area (Å²) in [6, 6.07) is 11.3. The molecule has 30 heavy (non-hydrogen) atoms. The summed E-state index contributed by atoms with van der Waals surface area (Å²) in [6.07, 6.45) is 2.94. The van der Waals surface area contributed by atoms with Gasteiger partial charge in [0.05, 0.1) is 11.6 Å². The summed E-state index contributed by atoms with van der Waals surface area (Å²) in [5.74, 6) is -0.319. The van der Waals surface area contributed by atoms with Crippen LogP contribution in [-0.2, 0) is 27.2 Å². The van der Waals surface area contributed by atoms with E-state index in [9.17, 15) is 14.4 Å². The van der Waals surface area contributed by atoms with E-state index >= 15 is 0 Å². The molecule has 0 aromatic heterocycles. The van der Waals surface area contributed by atoms with Crippen LogP contribution in [0.4, 0.5) is 17.1 Å². The largest absolute Gasteiger partial charge is 0.479 e. The molecule has 2 unspecified atom stereocenters. The number of rotatable bonds is 3. The van der Waals surface area contributed by atoms with Crippen LogP contribution in [-0.4, -0.2) is 30.4 Å². The molecule has 3 amide bonds. The highest BCUT2D eigenvalue weighted by Crippen LogP contribution is 2.34. The molecule has 7 heteroatoms. The highest BCUT2D eigenvalue weighted by atomic mass is 16.5. The van der Waals surface area contributed by atoms with Crippen LogP contribution >= 0.6 is 0 Å². The van der Waals surface area contributed by atoms with E-state index in [2.05, 4.69) is 22.8 Å². The van der Waals surface area contributed by atoms with Crippen LogP contribution in [0.15, 0.2) is 36.4 Å². The van der Waals surface area contributed by atoms with E-state index in [4.69, 9.17) is 4.74 Å². The SMILES string of the molecule is CC1Oc2ccc(NC(=O)C3CC(=O)N(c4ccc5c(c4)CCC5)C3)cc2NC1=O. The third-order valence-electron chi connectivity index (χ3n) is 6.07. The van der Waals surface area contributed by atoms with E-state index in [1.54, 1.807) is 30.0 Å². The molecule has 154 valence electrons. The molecule has 1 aliphatic carbocycles. The Kier molecular flexibility index (Phi) is 4.46. The number of benzene rings is 2. The first-order valence-electron chi connectivity index (χ1n) is 10.3. The molecule has 2 aromatic carbocycles. The van der Waals surface area contributed by atoms with Crippen molar-refractivity contribution in [1.82, 2.24) is 0 Å². The van der Waals surface area contributed by atoms with Crippen molar-refractivity contribution in [3.05, 3.63) is 47.5 Å². The molecule has 2 heterocycles. The molecule has 0 saturated carbocycles. The van der Waals surface area contributed by atoms with Gasteiger partial charge in [0.15, 0.2) is 6.10 Å². The summed E-state index contributed by atoms with van der Waals surface area (Å²) in [5.41, 5.74) is 4.62. The summed E-state index contributed by atoms with van der Waals surface area (Å²) in [4.78, 5) is 38.9. The summed E-state index contributed by atoms with van der Waals surface area (Å²) in [5, 5.41) is 5.64. The normalized spacial score (nSPS) is 22.2. The maximum atomic E-state index is 12.8. The second-order valence-electron chi connectivity index (χ2n) is 8.16. The number of aryl methyl sites for hydroxylation is 2. The molecule has 1 fully saturated rings. The lowest BCUT2D eigenvalue weighted by molar-refractivity contribution is -0.122. The van der Waals surface area contributed by atoms with Crippen LogP contribution in [0.3, 0.4) is 0 Å². The average Bonchev–Trinajstić information content (AvgIpc) is 3.35. The van der Waals surface area contributed by atoms with Gasteiger partial charge in [0.25, 0.3) is 5.91 Å². The predicted molar refractivity (Wildman–Crippen MR) is 113 cm³/mol. The number of carbonyl (C=O) groups is 3. The van der Waals surface area contributed by atoms with Crippen LogP contribution in [0.2, 0.25) is 0 Å². The number of nitrogens with one attached hydrogen (secondary N) is 2. The molecule has 5 rings (SSSR count). The van der Waals surface area contributed by atoms with E-state index < -0.39 is 12.0 Å². The van der Waals surface area contributed by atoms with Crippen molar-refractivity contribution in [2.75, 3.05) is 22.1 Å². The van der Waals surface area contributed by atoms with Crippen LogP contribution in [0, 0.1) is 5.92 Å². The lowest BCUT2D eigenvalue weighted by atomic mass is 10.1. The summed E-state index contributed by atoms with van der Waals surface area (Å²) in [7, 11) is 0. The van der Waals surface area contributed by atoms with E-state index in [0.717, 1.165) is 24.9 Å². The quantitative estimate of drug-likeness (QED) is 0.822. The Bertz CT molecular complexity index is 1060. The molecule has 0 radical (unpaired) electrons. The number of amides is 3. The highest BCUT2D eigenvalue weighted by molar-refractivity contribution is 6.04. The molecule has 7 nitrogen and oxygen atoms in total. The fourth-order valence-corrected chi connectivity index (χ4v) is 4.39. The lowest BCUT2D eigenvalue weighted by Gasteiger charge is -2.24. The molecule has 2 atom stereocenters. The fraction of sp³-hybridized carbons (Fsp3) is 0.348. The standard InChI is InChI=1S/C23H23N3O4/c1-13-22(28)25-19-11-17(6-8-20(19)30-13)24-23(29)16-10-21(27)26(12-16)18-7-5-14-3-2-4-15(14)9-18/h5-9,11,13,16H,2-4,10,12H2,1H3,(H,24,29)(H,25,28). The van der Waals surface area contributed by atoms with Crippen molar-refractivity contribution < 1.29 is 19.1 Å². The number of hydrogen-bond acceptors (Lipinski definition) is 4. The number of carbonyl (C=O) groups excluding carboxylic acids is 3. The van der Waals surface area contributed by atoms with Gasteiger partial charge in [0.2, 0.25) is 11.8 Å². The molecule has 3 aliphatic rings. The van der Waals surface area contributed by atoms with Crippen molar-refractivity contribution in [3.8, 4) is 5.75 Å². The predicted octanol–water partition coefficient (Wildman–Crippen LogP) is 2.89. The van der Waals surface area contributed by atoms with Gasteiger partial charge in [0.1, 0.15) is 5.75 Å². The smallest absolute Gasteiger partial charge is 0.265 e. The first kappa shape index (κ1) is 18.7. The van der Waals surface area contributed by atoms with Crippen LogP contribution in [0.5, 0.6) is 5.75 Å². The number of hydrogen-bond donors (Lipinski definition) is 2. The Labute approximate surface area is 174 Å². The van der Waals surface area contributed by atoms with E-state index in [-0.39, 0.29) is 24.1 Å². The number of ether oxygens (including phenoxy) is 1.